The van der Waals surface area contributed by atoms with Gasteiger partial charge in [-0.1, -0.05) is 26.0 Å². The van der Waals surface area contributed by atoms with Gasteiger partial charge in [0.05, 0.1) is 6.04 Å². The minimum absolute atomic E-state index is 0.114. The van der Waals surface area contributed by atoms with Crippen molar-refractivity contribution in [1.29, 1.82) is 0 Å². The van der Waals surface area contributed by atoms with Crippen LogP contribution in [0.25, 0.3) is 0 Å². The zero-order valence-electron chi connectivity index (χ0n) is 11.6. The van der Waals surface area contributed by atoms with Crippen molar-refractivity contribution in [1.82, 2.24) is 15.1 Å². The third-order valence-corrected chi connectivity index (χ3v) is 3.08. The van der Waals surface area contributed by atoms with Crippen LogP contribution in [0, 0.1) is 11.7 Å². The van der Waals surface area contributed by atoms with Gasteiger partial charge in [-0.25, -0.2) is 4.39 Å². The Morgan fingerprint density at radius 2 is 2.05 bits per heavy atom. The Morgan fingerprint density at radius 1 is 1.35 bits per heavy atom. The average molecular weight is 275 g/mol. The van der Waals surface area contributed by atoms with Crippen LogP contribution in [-0.2, 0) is 11.3 Å². The lowest BCUT2D eigenvalue weighted by Gasteiger charge is -2.23. The molecule has 0 saturated carbocycles. The Kier molecular flexibility index (Phi) is 4.50. The van der Waals surface area contributed by atoms with E-state index in [0.717, 1.165) is 5.56 Å². The predicted molar refractivity (Wildman–Crippen MR) is 74.3 cm³/mol. The molecule has 0 aliphatic carbocycles. The van der Waals surface area contributed by atoms with Crippen LogP contribution in [0.3, 0.4) is 0 Å². The maximum Gasteiger partial charge on any atom is 0.242 e. The molecule has 2 rings (SSSR count). The van der Waals surface area contributed by atoms with Crippen LogP contribution in [0.4, 0.5) is 4.39 Å². The van der Waals surface area contributed by atoms with E-state index < -0.39 is 0 Å². The molecule has 1 heterocycles. The fraction of sp³-hybridized carbons (Fsp3) is 0.333. The van der Waals surface area contributed by atoms with Crippen molar-refractivity contribution in [2.75, 3.05) is 0 Å². The van der Waals surface area contributed by atoms with Crippen molar-refractivity contribution in [3.05, 3.63) is 54.1 Å². The summed E-state index contributed by atoms with van der Waals surface area (Å²) in [6.45, 7) is 4.21. The second-order valence-corrected chi connectivity index (χ2v) is 5.04. The van der Waals surface area contributed by atoms with E-state index >= 15 is 0 Å². The van der Waals surface area contributed by atoms with E-state index in [-0.39, 0.29) is 30.2 Å². The fourth-order valence-electron chi connectivity index (χ4n) is 2.07. The lowest BCUT2D eigenvalue weighted by atomic mass is 9.96. The molecule has 0 saturated heterocycles. The summed E-state index contributed by atoms with van der Waals surface area (Å²) in [7, 11) is 0. The summed E-state index contributed by atoms with van der Waals surface area (Å²) in [5.41, 5.74) is 0.898. The first-order valence-electron chi connectivity index (χ1n) is 6.58. The summed E-state index contributed by atoms with van der Waals surface area (Å²) >= 11 is 0. The van der Waals surface area contributed by atoms with Gasteiger partial charge in [0, 0.05) is 12.4 Å². The molecule has 1 amide bonds. The number of carbonyl (C=O) groups excluding carboxylic acids is 1. The van der Waals surface area contributed by atoms with Crippen LogP contribution in [0.5, 0.6) is 0 Å². The second kappa shape index (κ2) is 6.32. The summed E-state index contributed by atoms with van der Waals surface area (Å²) in [6, 6.07) is 7.85. The number of carbonyl (C=O) groups is 1. The van der Waals surface area contributed by atoms with Crippen LogP contribution in [0.15, 0.2) is 42.7 Å². The number of nitrogens with zero attached hydrogens (tertiary/aromatic N) is 2. The summed E-state index contributed by atoms with van der Waals surface area (Å²) in [5, 5.41) is 6.97. The molecule has 1 unspecified atom stereocenters. The van der Waals surface area contributed by atoms with Crippen LogP contribution in [0.2, 0.25) is 0 Å². The van der Waals surface area contributed by atoms with E-state index in [2.05, 4.69) is 10.4 Å². The van der Waals surface area contributed by atoms with Gasteiger partial charge in [-0.3, -0.25) is 9.48 Å². The van der Waals surface area contributed by atoms with Gasteiger partial charge in [0.2, 0.25) is 5.91 Å². The lowest BCUT2D eigenvalue weighted by molar-refractivity contribution is -0.122. The van der Waals surface area contributed by atoms with E-state index in [0.29, 0.717) is 0 Å². The molecule has 0 aliphatic heterocycles. The van der Waals surface area contributed by atoms with E-state index in [1.54, 1.807) is 35.3 Å². The van der Waals surface area contributed by atoms with Gasteiger partial charge < -0.3 is 5.32 Å². The van der Waals surface area contributed by atoms with Gasteiger partial charge in [0.25, 0.3) is 0 Å². The third kappa shape index (κ3) is 3.66. The maximum absolute atomic E-state index is 13.0. The molecule has 20 heavy (non-hydrogen) atoms. The first-order valence-corrected chi connectivity index (χ1v) is 6.58. The first-order chi connectivity index (χ1) is 9.56. The number of hydrogen-bond donors (Lipinski definition) is 1. The molecule has 0 aliphatic rings. The van der Waals surface area contributed by atoms with E-state index in [1.807, 2.05) is 13.8 Å². The molecule has 106 valence electrons. The molecule has 2 aromatic rings. The molecule has 1 N–H and O–H groups in total. The predicted octanol–water partition coefficient (Wildman–Crippen LogP) is 2.54. The summed E-state index contributed by atoms with van der Waals surface area (Å²) in [5.74, 6) is -0.183. The molecule has 4 nitrogen and oxygen atoms in total. The van der Waals surface area contributed by atoms with Gasteiger partial charge in [0.1, 0.15) is 12.4 Å². The van der Waals surface area contributed by atoms with E-state index in [1.165, 1.54) is 12.1 Å². The number of nitrogens with one attached hydrogen (secondary N) is 1. The van der Waals surface area contributed by atoms with Crippen molar-refractivity contribution in [3.63, 3.8) is 0 Å². The Balaban J connectivity index is 2.05. The topological polar surface area (TPSA) is 46.9 Å². The monoisotopic (exact) mass is 275 g/mol. The number of hydrogen-bond acceptors (Lipinski definition) is 2. The van der Waals surface area contributed by atoms with Gasteiger partial charge in [-0.15, -0.1) is 0 Å². The van der Waals surface area contributed by atoms with E-state index in [4.69, 9.17) is 0 Å². The minimum Gasteiger partial charge on any atom is -0.347 e. The first kappa shape index (κ1) is 14.2. The van der Waals surface area contributed by atoms with E-state index in [9.17, 15) is 9.18 Å². The number of halogens is 1. The Morgan fingerprint density at radius 3 is 2.60 bits per heavy atom. The highest BCUT2D eigenvalue weighted by molar-refractivity contribution is 5.76. The van der Waals surface area contributed by atoms with Crippen molar-refractivity contribution in [2.45, 2.75) is 26.4 Å². The highest BCUT2D eigenvalue weighted by Gasteiger charge is 2.18. The molecule has 1 atom stereocenters. The number of amides is 1. The molecule has 0 radical (unpaired) electrons. The smallest absolute Gasteiger partial charge is 0.242 e. The van der Waals surface area contributed by atoms with Gasteiger partial charge in [-0.05, 0) is 29.7 Å². The Hall–Kier alpha value is -2.17. The fourth-order valence-corrected chi connectivity index (χ4v) is 2.07. The van der Waals surface area contributed by atoms with Gasteiger partial charge >= 0.3 is 0 Å². The normalized spacial score (nSPS) is 12.4. The Labute approximate surface area is 117 Å². The molecule has 0 fully saturated rings. The molecular formula is C15H18FN3O. The maximum atomic E-state index is 13.0. The average Bonchev–Trinajstić information content (AvgIpc) is 2.90. The van der Waals surface area contributed by atoms with Crippen LogP contribution < -0.4 is 5.32 Å². The molecule has 0 spiro atoms. The molecule has 0 bridgehead atoms. The molecule has 5 heteroatoms. The SMILES string of the molecule is CC(C)C(NC(=O)Cn1cccn1)c1ccc(F)cc1. The van der Waals surface area contributed by atoms with Crippen molar-refractivity contribution in [3.8, 4) is 0 Å². The van der Waals surface area contributed by atoms with Crippen LogP contribution in [0.1, 0.15) is 25.5 Å². The Bertz CT molecular complexity index is 549. The number of benzene rings is 1. The third-order valence-electron chi connectivity index (χ3n) is 3.08. The van der Waals surface area contributed by atoms with Crippen LogP contribution >= 0.6 is 0 Å². The van der Waals surface area contributed by atoms with Crippen molar-refractivity contribution < 1.29 is 9.18 Å². The van der Waals surface area contributed by atoms with Gasteiger partial charge in [-0.2, -0.15) is 5.10 Å². The zero-order chi connectivity index (χ0) is 14.5. The second-order valence-electron chi connectivity index (χ2n) is 5.04. The molecular weight excluding hydrogens is 257 g/mol. The van der Waals surface area contributed by atoms with Crippen molar-refractivity contribution >= 4 is 5.91 Å². The largest absolute Gasteiger partial charge is 0.347 e. The highest BCUT2D eigenvalue weighted by Crippen LogP contribution is 2.21. The quantitative estimate of drug-likeness (QED) is 0.911. The van der Waals surface area contributed by atoms with Crippen LogP contribution in [-0.4, -0.2) is 15.7 Å². The van der Waals surface area contributed by atoms with Crippen molar-refractivity contribution in [2.24, 2.45) is 5.92 Å². The standard InChI is InChI=1S/C15H18FN3O/c1-11(2)15(12-4-6-13(16)7-5-12)18-14(20)10-19-9-3-8-17-19/h3-9,11,15H,10H2,1-2H3,(H,18,20). The molecule has 1 aromatic heterocycles. The van der Waals surface area contributed by atoms with Gasteiger partial charge in [0.15, 0.2) is 0 Å². The lowest BCUT2D eigenvalue weighted by Crippen LogP contribution is -2.34. The number of aromatic nitrogens is 2. The summed E-state index contributed by atoms with van der Waals surface area (Å²) < 4.78 is 14.5. The summed E-state index contributed by atoms with van der Waals surface area (Å²) in [4.78, 5) is 12.0. The highest BCUT2D eigenvalue weighted by atomic mass is 19.1. The zero-order valence-corrected chi connectivity index (χ0v) is 11.6. The summed E-state index contributed by atoms with van der Waals surface area (Å²) in [6.07, 6.45) is 3.37. The number of rotatable bonds is 5. The minimum atomic E-state index is -0.279. The molecule has 1 aromatic carbocycles.